The van der Waals surface area contributed by atoms with Crippen molar-refractivity contribution in [3.63, 3.8) is 0 Å². The number of ketones is 1. The first-order valence-corrected chi connectivity index (χ1v) is 3.99. The summed E-state index contributed by atoms with van der Waals surface area (Å²) in [5, 5.41) is 0. The number of ether oxygens (including phenoxy) is 1. The number of rotatable bonds is 3. The van der Waals surface area contributed by atoms with E-state index in [9.17, 15) is 9.59 Å². The zero-order chi connectivity index (χ0) is 9.23. The van der Waals surface area contributed by atoms with Crippen LogP contribution in [0.1, 0.15) is 25.7 Å². The van der Waals surface area contributed by atoms with Crippen molar-refractivity contribution in [2.75, 3.05) is 6.61 Å². The number of Topliss-reactive ketones (excluding diaryl/α,β-unsaturated/α-hetero) is 1. The van der Waals surface area contributed by atoms with E-state index < -0.39 is 0 Å². The summed E-state index contributed by atoms with van der Waals surface area (Å²) in [5.74, 6) is 0.454. The zero-order valence-corrected chi connectivity index (χ0v) is 7.12. The molecule has 0 amide bonds. The first kappa shape index (κ1) is 10.9. The Morgan fingerprint density at radius 2 is 2.00 bits per heavy atom. The zero-order valence-electron chi connectivity index (χ0n) is 7.12. The van der Waals surface area contributed by atoms with Gasteiger partial charge < -0.3 is 4.74 Å². The molecule has 1 rings (SSSR count). The molecule has 0 unspecified atom stereocenters. The summed E-state index contributed by atoms with van der Waals surface area (Å²) in [5.41, 5.74) is 0. The van der Waals surface area contributed by atoms with E-state index in [2.05, 4.69) is 11.3 Å². The van der Waals surface area contributed by atoms with Gasteiger partial charge in [0.25, 0.3) is 6.47 Å². The van der Waals surface area contributed by atoms with Gasteiger partial charge in [0.2, 0.25) is 0 Å². The Kier molecular flexibility index (Phi) is 7.24. The molecule has 0 atom stereocenters. The van der Waals surface area contributed by atoms with Crippen LogP contribution < -0.4 is 0 Å². The van der Waals surface area contributed by atoms with E-state index in [1.54, 1.807) is 0 Å². The number of carbonyl (C=O) groups is 2. The Bertz CT molecular complexity index is 136. The molecule has 0 N–H and O–H groups in total. The average molecular weight is 170 g/mol. The van der Waals surface area contributed by atoms with Crippen LogP contribution in [0.4, 0.5) is 0 Å². The molecule has 0 aromatic rings. The van der Waals surface area contributed by atoms with E-state index in [-0.39, 0.29) is 0 Å². The Morgan fingerprint density at radius 1 is 1.42 bits per heavy atom. The van der Waals surface area contributed by atoms with Crippen molar-refractivity contribution in [1.29, 1.82) is 0 Å². The molecule has 0 aromatic carbocycles. The molecule has 0 aromatic heterocycles. The summed E-state index contributed by atoms with van der Waals surface area (Å²) >= 11 is 0. The van der Waals surface area contributed by atoms with Crippen LogP contribution in [0.25, 0.3) is 0 Å². The summed E-state index contributed by atoms with van der Waals surface area (Å²) in [6, 6.07) is 0. The molecule has 3 heteroatoms. The number of hydrogen-bond donors (Lipinski definition) is 0. The van der Waals surface area contributed by atoms with Gasteiger partial charge in [0.1, 0.15) is 12.4 Å². The predicted octanol–water partition coefficient (Wildman–Crippen LogP) is 1.47. The second-order valence-electron chi connectivity index (χ2n) is 2.46. The van der Waals surface area contributed by atoms with Crippen molar-refractivity contribution < 1.29 is 14.3 Å². The molecule has 0 spiro atoms. The molecule has 12 heavy (non-hydrogen) atoms. The van der Waals surface area contributed by atoms with E-state index in [4.69, 9.17) is 0 Å². The smallest absolute Gasteiger partial charge is 0.293 e. The topological polar surface area (TPSA) is 43.4 Å². The monoisotopic (exact) mass is 170 g/mol. The first-order chi connectivity index (χ1) is 5.81. The lowest BCUT2D eigenvalue weighted by Crippen LogP contribution is -1.83. The molecule has 0 bridgehead atoms. The molecule has 1 fully saturated rings. The highest BCUT2D eigenvalue weighted by Crippen LogP contribution is 2.11. The average Bonchev–Trinajstić information content (AvgIpc) is 2.53. The SMILES string of the molecule is C=CCOC=O.O=C1CCCC1. The van der Waals surface area contributed by atoms with Gasteiger partial charge in [-0.1, -0.05) is 12.7 Å². The van der Waals surface area contributed by atoms with Crippen LogP contribution >= 0.6 is 0 Å². The Hall–Kier alpha value is -1.12. The molecule has 1 saturated carbocycles. The van der Waals surface area contributed by atoms with Crippen LogP contribution in [-0.2, 0) is 14.3 Å². The summed E-state index contributed by atoms with van der Waals surface area (Å²) in [6.45, 7) is 4.01. The highest BCUT2D eigenvalue weighted by Gasteiger charge is 2.07. The molecule has 1 aliphatic carbocycles. The fourth-order valence-corrected chi connectivity index (χ4v) is 0.877. The van der Waals surface area contributed by atoms with Crippen molar-refractivity contribution in [3.8, 4) is 0 Å². The van der Waals surface area contributed by atoms with Crippen LogP contribution in [0.15, 0.2) is 12.7 Å². The molecule has 68 valence electrons. The maximum absolute atomic E-state index is 10.2. The molecular weight excluding hydrogens is 156 g/mol. The largest absolute Gasteiger partial charge is 0.464 e. The van der Waals surface area contributed by atoms with Crippen molar-refractivity contribution in [1.82, 2.24) is 0 Å². The van der Waals surface area contributed by atoms with Crippen molar-refractivity contribution >= 4 is 12.3 Å². The highest BCUT2D eigenvalue weighted by molar-refractivity contribution is 5.79. The van der Waals surface area contributed by atoms with E-state index in [0.717, 1.165) is 25.7 Å². The van der Waals surface area contributed by atoms with Gasteiger partial charge in [0.15, 0.2) is 0 Å². The van der Waals surface area contributed by atoms with E-state index in [1.807, 2.05) is 0 Å². The fraction of sp³-hybridized carbons (Fsp3) is 0.556. The standard InChI is InChI=1S/C5H8O.C4H6O2/c6-5-3-1-2-4-5;1-2-3-6-4-5/h1-4H2;2,4H,1,3H2. The van der Waals surface area contributed by atoms with E-state index in [1.165, 1.54) is 6.08 Å². The molecule has 3 nitrogen and oxygen atoms in total. The summed E-state index contributed by atoms with van der Waals surface area (Å²) in [4.78, 5) is 19.5. The van der Waals surface area contributed by atoms with Crippen LogP contribution in [0, 0.1) is 0 Å². The van der Waals surface area contributed by atoms with Crippen LogP contribution in [0.2, 0.25) is 0 Å². The van der Waals surface area contributed by atoms with E-state index in [0.29, 0.717) is 18.9 Å². The molecule has 0 radical (unpaired) electrons. The lowest BCUT2D eigenvalue weighted by molar-refractivity contribution is -0.127. The highest BCUT2D eigenvalue weighted by atomic mass is 16.5. The molecular formula is C9H14O3. The van der Waals surface area contributed by atoms with Gasteiger partial charge in [-0.2, -0.15) is 0 Å². The fourth-order valence-electron chi connectivity index (χ4n) is 0.877. The molecule has 0 aliphatic heterocycles. The minimum absolute atomic E-state index is 0.309. The minimum atomic E-state index is 0.309. The second kappa shape index (κ2) is 7.98. The maximum atomic E-state index is 10.2. The van der Waals surface area contributed by atoms with Gasteiger partial charge in [-0.05, 0) is 12.8 Å². The van der Waals surface area contributed by atoms with Gasteiger partial charge in [-0.3, -0.25) is 9.59 Å². The Labute approximate surface area is 72.4 Å². The van der Waals surface area contributed by atoms with Crippen LogP contribution in [-0.4, -0.2) is 18.9 Å². The molecule has 0 heterocycles. The number of hydrogen-bond acceptors (Lipinski definition) is 3. The third-order valence-corrected chi connectivity index (χ3v) is 1.44. The van der Waals surface area contributed by atoms with Gasteiger partial charge in [0.05, 0.1) is 0 Å². The van der Waals surface area contributed by atoms with Crippen molar-refractivity contribution in [3.05, 3.63) is 12.7 Å². The van der Waals surface area contributed by atoms with Gasteiger partial charge in [-0.15, -0.1) is 0 Å². The maximum Gasteiger partial charge on any atom is 0.293 e. The second-order valence-corrected chi connectivity index (χ2v) is 2.46. The Balaban J connectivity index is 0.000000202. The quantitative estimate of drug-likeness (QED) is 0.366. The van der Waals surface area contributed by atoms with Crippen LogP contribution in [0.3, 0.4) is 0 Å². The summed E-state index contributed by atoms with van der Waals surface area (Å²) < 4.78 is 4.18. The van der Waals surface area contributed by atoms with Crippen molar-refractivity contribution in [2.45, 2.75) is 25.7 Å². The Morgan fingerprint density at radius 3 is 2.17 bits per heavy atom. The summed E-state index contributed by atoms with van der Waals surface area (Å²) in [6.07, 6.45) is 5.48. The number of carbonyl (C=O) groups excluding carboxylic acids is 2. The van der Waals surface area contributed by atoms with Gasteiger partial charge in [0, 0.05) is 12.8 Å². The lowest BCUT2D eigenvalue weighted by Gasteiger charge is -1.82. The molecule has 1 aliphatic rings. The van der Waals surface area contributed by atoms with Crippen molar-refractivity contribution in [2.24, 2.45) is 0 Å². The predicted molar refractivity (Wildman–Crippen MR) is 45.7 cm³/mol. The lowest BCUT2D eigenvalue weighted by atomic mass is 10.4. The summed E-state index contributed by atoms with van der Waals surface area (Å²) in [7, 11) is 0. The minimum Gasteiger partial charge on any atom is -0.464 e. The van der Waals surface area contributed by atoms with Gasteiger partial charge in [-0.25, -0.2) is 0 Å². The van der Waals surface area contributed by atoms with Crippen LogP contribution in [0.5, 0.6) is 0 Å². The first-order valence-electron chi connectivity index (χ1n) is 3.99. The third kappa shape index (κ3) is 6.99. The third-order valence-electron chi connectivity index (χ3n) is 1.44. The van der Waals surface area contributed by atoms with Gasteiger partial charge >= 0.3 is 0 Å². The molecule has 0 saturated heterocycles. The van der Waals surface area contributed by atoms with E-state index >= 15 is 0 Å². The normalized spacial score (nSPS) is 14.5.